The van der Waals surface area contributed by atoms with E-state index in [2.05, 4.69) is 20.1 Å². The molecular formula is C22H35N5O3S. The summed E-state index contributed by atoms with van der Waals surface area (Å²) in [7, 11) is -1.65. The Morgan fingerprint density at radius 1 is 1.03 bits per heavy atom. The number of hydrogen-bond donors (Lipinski definition) is 1. The molecule has 2 aliphatic heterocycles. The smallest absolute Gasteiger partial charge is 0.236 e. The topological polar surface area (TPSA) is 85.3 Å². The zero-order valence-electron chi connectivity index (χ0n) is 18.7. The van der Waals surface area contributed by atoms with Crippen molar-refractivity contribution in [3.63, 3.8) is 0 Å². The quantitative estimate of drug-likeness (QED) is 0.495. The van der Waals surface area contributed by atoms with Crippen LogP contribution in [0.4, 0.5) is 0 Å². The molecule has 1 atom stereocenters. The number of piperazine rings is 1. The van der Waals surface area contributed by atoms with Crippen molar-refractivity contribution in [3.8, 4) is 0 Å². The Labute approximate surface area is 186 Å². The minimum absolute atomic E-state index is 0.0246. The van der Waals surface area contributed by atoms with Crippen molar-refractivity contribution >= 4 is 21.7 Å². The van der Waals surface area contributed by atoms with E-state index in [-0.39, 0.29) is 17.7 Å². The molecule has 0 spiro atoms. The number of benzene rings is 1. The summed E-state index contributed by atoms with van der Waals surface area (Å²) < 4.78 is 25.5. The normalized spacial score (nSPS) is 19.5. The van der Waals surface area contributed by atoms with Crippen molar-refractivity contribution in [2.24, 2.45) is 4.99 Å². The van der Waals surface area contributed by atoms with Crippen molar-refractivity contribution in [2.75, 3.05) is 58.6 Å². The van der Waals surface area contributed by atoms with E-state index in [9.17, 15) is 13.2 Å². The van der Waals surface area contributed by atoms with Crippen LogP contribution in [0.1, 0.15) is 26.2 Å². The van der Waals surface area contributed by atoms with Gasteiger partial charge >= 0.3 is 0 Å². The monoisotopic (exact) mass is 449 g/mol. The fourth-order valence-electron chi connectivity index (χ4n) is 4.11. The Morgan fingerprint density at radius 3 is 2.26 bits per heavy atom. The lowest BCUT2D eigenvalue weighted by Gasteiger charge is -2.37. The van der Waals surface area contributed by atoms with Gasteiger partial charge in [-0.2, -0.15) is 0 Å². The Bertz CT molecular complexity index is 845. The molecule has 3 rings (SSSR count). The molecule has 0 radical (unpaired) electrons. The number of aliphatic imine (C=N–C) groups is 1. The summed E-state index contributed by atoms with van der Waals surface area (Å²) in [5, 5.41) is 3.35. The number of carbonyl (C=O) groups is 1. The van der Waals surface area contributed by atoms with Gasteiger partial charge in [0.05, 0.1) is 17.2 Å². The van der Waals surface area contributed by atoms with E-state index in [0.717, 1.165) is 58.1 Å². The van der Waals surface area contributed by atoms with Crippen molar-refractivity contribution < 1.29 is 13.2 Å². The minimum atomic E-state index is -3.37. The van der Waals surface area contributed by atoms with Gasteiger partial charge in [0.2, 0.25) is 5.91 Å². The molecule has 0 saturated carbocycles. The summed E-state index contributed by atoms with van der Waals surface area (Å²) in [5.74, 6) is 0.975. The summed E-state index contributed by atoms with van der Waals surface area (Å²) in [6, 6.07) is 8.36. The van der Waals surface area contributed by atoms with Crippen molar-refractivity contribution in [1.29, 1.82) is 0 Å². The molecule has 31 heavy (non-hydrogen) atoms. The fourth-order valence-corrected chi connectivity index (χ4v) is 5.72. The Kier molecular flexibility index (Phi) is 8.31. The van der Waals surface area contributed by atoms with E-state index in [0.29, 0.717) is 17.9 Å². The van der Waals surface area contributed by atoms with Gasteiger partial charge in [0.15, 0.2) is 15.8 Å². The Morgan fingerprint density at radius 2 is 1.68 bits per heavy atom. The first-order chi connectivity index (χ1) is 14.9. The van der Waals surface area contributed by atoms with E-state index >= 15 is 0 Å². The first-order valence-electron chi connectivity index (χ1n) is 11.2. The zero-order chi connectivity index (χ0) is 22.3. The predicted octanol–water partition coefficient (Wildman–Crippen LogP) is 1.05. The number of sulfone groups is 1. The van der Waals surface area contributed by atoms with Crippen LogP contribution in [0.5, 0.6) is 0 Å². The van der Waals surface area contributed by atoms with Crippen molar-refractivity contribution in [1.82, 2.24) is 20.0 Å². The third kappa shape index (κ3) is 6.43. The average Bonchev–Trinajstić information content (AvgIpc) is 3.33. The Balaban J connectivity index is 1.51. The van der Waals surface area contributed by atoms with Gasteiger partial charge < -0.3 is 15.1 Å². The molecule has 0 bridgehead atoms. The van der Waals surface area contributed by atoms with E-state index in [1.165, 1.54) is 0 Å². The largest absolute Gasteiger partial charge is 0.352 e. The number of carbonyl (C=O) groups excluding carboxylic acids is 1. The molecule has 1 amide bonds. The number of rotatable bonds is 7. The van der Waals surface area contributed by atoms with Gasteiger partial charge in [-0.05, 0) is 31.4 Å². The van der Waals surface area contributed by atoms with Gasteiger partial charge in [-0.25, -0.2) is 8.42 Å². The lowest BCUT2D eigenvalue weighted by atomic mass is 10.2. The maximum absolute atomic E-state index is 12.8. The second-order valence-electron chi connectivity index (χ2n) is 8.24. The predicted molar refractivity (Wildman–Crippen MR) is 123 cm³/mol. The molecule has 9 heteroatoms. The van der Waals surface area contributed by atoms with Gasteiger partial charge in [-0.3, -0.25) is 14.7 Å². The van der Waals surface area contributed by atoms with Crippen LogP contribution >= 0.6 is 0 Å². The molecule has 1 unspecified atom stereocenters. The van der Waals surface area contributed by atoms with Crippen LogP contribution in [0.2, 0.25) is 0 Å². The second-order valence-corrected chi connectivity index (χ2v) is 10.3. The molecule has 2 saturated heterocycles. The zero-order valence-corrected chi connectivity index (χ0v) is 19.5. The number of guanidine groups is 1. The maximum Gasteiger partial charge on any atom is 0.236 e. The van der Waals surface area contributed by atoms with E-state index < -0.39 is 9.84 Å². The summed E-state index contributed by atoms with van der Waals surface area (Å²) in [6.07, 6.45) is 2.90. The van der Waals surface area contributed by atoms with Crippen LogP contribution in [-0.2, 0) is 14.6 Å². The second kappa shape index (κ2) is 10.9. The Hall–Kier alpha value is -2.13. The molecule has 0 aromatic heterocycles. The molecule has 1 aromatic carbocycles. The SMILES string of the molecule is CCC(CS(=O)(=O)c1ccccc1)NC(=NC)N1CCN(CC(=O)N2CCCC2)CC1. The van der Waals surface area contributed by atoms with Crippen LogP contribution in [0.3, 0.4) is 0 Å². The summed E-state index contributed by atoms with van der Waals surface area (Å²) in [5.41, 5.74) is 0. The number of nitrogens with one attached hydrogen (secondary N) is 1. The first-order valence-corrected chi connectivity index (χ1v) is 12.8. The van der Waals surface area contributed by atoms with Crippen LogP contribution in [0, 0.1) is 0 Å². The van der Waals surface area contributed by atoms with E-state index in [4.69, 9.17) is 0 Å². The van der Waals surface area contributed by atoms with Crippen molar-refractivity contribution in [3.05, 3.63) is 30.3 Å². The van der Waals surface area contributed by atoms with Gasteiger partial charge in [-0.15, -0.1) is 0 Å². The highest BCUT2D eigenvalue weighted by atomic mass is 32.2. The number of likely N-dealkylation sites (tertiary alicyclic amines) is 1. The maximum atomic E-state index is 12.8. The van der Waals surface area contributed by atoms with Crippen LogP contribution in [0.25, 0.3) is 0 Å². The fraction of sp³-hybridized carbons (Fsp3) is 0.636. The van der Waals surface area contributed by atoms with Gasteiger partial charge in [0.1, 0.15) is 0 Å². The van der Waals surface area contributed by atoms with Crippen LogP contribution in [0.15, 0.2) is 40.2 Å². The molecule has 8 nitrogen and oxygen atoms in total. The molecule has 1 N–H and O–H groups in total. The molecule has 172 valence electrons. The third-order valence-electron chi connectivity index (χ3n) is 6.05. The van der Waals surface area contributed by atoms with E-state index in [1.54, 1.807) is 31.3 Å². The number of amides is 1. The average molecular weight is 450 g/mol. The lowest BCUT2D eigenvalue weighted by molar-refractivity contribution is -0.131. The first kappa shape index (κ1) is 23.5. The molecule has 0 aliphatic carbocycles. The highest BCUT2D eigenvalue weighted by molar-refractivity contribution is 7.91. The van der Waals surface area contributed by atoms with Crippen LogP contribution in [-0.4, -0.2) is 99.6 Å². The summed E-state index contributed by atoms with van der Waals surface area (Å²) in [6.45, 7) is 7.34. The highest BCUT2D eigenvalue weighted by Crippen LogP contribution is 2.13. The standard InChI is InChI=1S/C22H35N5O3S/c1-3-19(18-31(29,30)20-9-5-4-6-10-20)24-22(23-2)27-15-13-25(14-16-27)17-21(28)26-11-7-8-12-26/h4-6,9-10,19H,3,7-8,11-18H2,1-2H3,(H,23,24). The third-order valence-corrected chi connectivity index (χ3v) is 7.88. The molecule has 2 fully saturated rings. The summed E-state index contributed by atoms with van der Waals surface area (Å²) >= 11 is 0. The van der Waals surface area contributed by atoms with Crippen LogP contribution < -0.4 is 5.32 Å². The molecule has 1 aromatic rings. The van der Waals surface area contributed by atoms with Crippen molar-refractivity contribution in [2.45, 2.75) is 37.1 Å². The van der Waals surface area contributed by atoms with Gasteiger partial charge in [0, 0.05) is 52.4 Å². The van der Waals surface area contributed by atoms with E-state index in [1.807, 2.05) is 17.9 Å². The molecular weight excluding hydrogens is 414 g/mol. The van der Waals surface area contributed by atoms with Gasteiger partial charge in [0.25, 0.3) is 0 Å². The molecule has 2 heterocycles. The number of hydrogen-bond acceptors (Lipinski definition) is 5. The molecule has 2 aliphatic rings. The summed E-state index contributed by atoms with van der Waals surface area (Å²) in [4.78, 5) is 23.4. The van der Waals surface area contributed by atoms with Gasteiger partial charge in [-0.1, -0.05) is 25.1 Å². The lowest BCUT2D eigenvalue weighted by Crippen LogP contribution is -2.56. The highest BCUT2D eigenvalue weighted by Gasteiger charge is 2.26. The minimum Gasteiger partial charge on any atom is -0.352 e. The number of nitrogens with zero attached hydrogens (tertiary/aromatic N) is 4.